The number of carboxylic acids is 1. The molecule has 0 aliphatic carbocycles. The van der Waals surface area contributed by atoms with Crippen LogP contribution in [0.2, 0.25) is 0 Å². The van der Waals surface area contributed by atoms with Crippen molar-refractivity contribution in [3.8, 4) is 0 Å². The molecule has 3 heterocycles. The molecule has 0 bridgehead atoms. The quantitative estimate of drug-likeness (QED) is 0.331. The maximum Gasteiger partial charge on any atom is 0.371 e. The van der Waals surface area contributed by atoms with Gasteiger partial charge in [-0.05, 0) is 60.3 Å². The number of amidine groups is 1. The molecule has 5 rings (SSSR count). The van der Waals surface area contributed by atoms with Crippen LogP contribution in [0.1, 0.15) is 21.9 Å². The molecule has 1 fully saturated rings. The number of hydrogen-bond donors (Lipinski definition) is 2. The molecule has 2 N–H and O–H groups in total. The van der Waals surface area contributed by atoms with Crippen LogP contribution < -0.4 is 5.32 Å². The van der Waals surface area contributed by atoms with E-state index in [1.54, 1.807) is 6.07 Å². The Bertz CT molecular complexity index is 1450. The van der Waals surface area contributed by atoms with Crippen molar-refractivity contribution in [1.29, 1.82) is 0 Å². The Balaban J connectivity index is 1.45. The summed E-state index contributed by atoms with van der Waals surface area (Å²) >= 11 is 4.68. The first kappa shape index (κ1) is 21.3. The number of carboxylic acid groups (broad SMARTS) is 1. The Morgan fingerprint density at radius 1 is 1.15 bits per heavy atom. The second kappa shape index (κ2) is 8.76. The predicted octanol–water partition coefficient (Wildman–Crippen LogP) is 5.63. The molecular weight excluding hydrogens is 506 g/mol. The first-order valence-corrected chi connectivity index (χ1v) is 11.5. The average Bonchev–Trinajstić information content (AvgIpc) is 3.49. The lowest BCUT2D eigenvalue weighted by Gasteiger charge is -2.02. The summed E-state index contributed by atoms with van der Waals surface area (Å²) in [6, 6.07) is 18.4. The van der Waals surface area contributed by atoms with Crippen LogP contribution in [0.5, 0.6) is 0 Å². The second-order valence-corrected chi connectivity index (χ2v) is 9.21. The highest BCUT2D eigenvalue weighted by atomic mass is 79.9. The van der Waals surface area contributed by atoms with E-state index in [-0.39, 0.29) is 11.7 Å². The molecule has 164 valence electrons. The van der Waals surface area contributed by atoms with Gasteiger partial charge in [0, 0.05) is 27.1 Å². The molecule has 2 aromatic heterocycles. The van der Waals surface area contributed by atoms with Gasteiger partial charge in [-0.15, -0.1) is 0 Å². The third-order valence-corrected chi connectivity index (χ3v) is 6.45. The van der Waals surface area contributed by atoms with E-state index >= 15 is 0 Å². The number of benzene rings is 2. The van der Waals surface area contributed by atoms with E-state index in [2.05, 4.69) is 26.2 Å². The molecule has 7 nitrogen and oxygen atoms in total. The first-order chi connectivity index (χ1) is 16.0. The molecule has 1 aliphatic rings. The molecule has 1 saturated heterocycles. The van der Waals surface area contributed by atoms with Crippen molar-refractivity contribution < 1.29 is 19.1 Å². The van der Waals surface area contributed by atoms with Crippen molar-refractivity contribution in [3.05, 3.63) is 93.3 Å². The number of thioether (sulfide) groups is 1. The van der Waals surface area contributed by atoms with Crippen molar-refractivity contribution in [2.45, 2.75) is 6.54 Å². The number of furan rings is 1. The van der Waals surface area contributed by atoms with Crippen molar-refractivity contribution in [1.82, 2.24) is 9.88 Å². The van der Waals surface area contributed by atoms with Crippen LogP contribution in [0.15, 0.2) is 85.6 Å². The number of aromatic carboxylic acids is 1. The topological polar surface area (TPSA) is 96.8 Å². The molecule has 33 heavy (non-hydrogen) atoms. The lowest BCUT2D eigenvalue weighted by molar-refractivity contribution is -0.115. The summed E-state index contributed by atoms with van der Waals surface area (Å²) in [7, 11) is 0. The predicted molar refractivity (Wildman–Crippen MR) is 132 cm³/mol. The normalized spacial score (nSPS) is 16.1. The lowest BCUT2D eigenvalue weighted by Crippen LogP contribution is -2.19. The van der Waals surface area contributed by atoms with Gasteiger partial charge in [-0.1, -0.05) is 34.1 Å². The average molecular weight is 522 g/mol. The zero-order chi connectivity index (χ0) is 22.9. The monoisotopic (exact) mass is 521 g/mol. The summed E-state index contributed by atoms with van der Waals surface area (Å²) in [5.74, 6) is -0.872. The highest BCUT2D eigenvalue weighted by molar-refractivity contribution is 9.10. The van der Waals surface area contributed by atoms with E-state index in [0.717, 1.165) is 26.6 Å². The van der Waals surface area contributed by atoms with Gasteiger partial charge in [-0.2, -0.15) is 0 Å². The summed E-state index contributed by atoms with van der Waals surface area (Å²) in [6.45, 7) is 0.368. The fourth-order valence-corrected chi connectivity index (χ4v) is 4.62. The molecule has 1 amide bonds. The Morgan fingerprint density at radius 2 is 1.94 bits per heavy atom. The Labute approximate surface area is 200 Å². The minimum absolute atomic E-state index is 0.0968. The number of para-hydroxylation sites is 1. The Hall–Kier alpha value is -3.56. The number of fused-ring (bicyclic) bond motifs is 1. The van der Waals surface area contributed by atoms with Crippen molar-refractivity contribution >= 4 is 67.4 Å². The van der Waals surface area contributed by atoms with Crippen LogP contribution in [0.4, 0.5) is 5.69 Å². The number of nitrogens with zero attached hydrogens (tertiary/aromatic N) is 2. The minimum Gasteiger partial charge on any atom is -0.475 e. The van der Waals surface area contributed by atoms with Gasteiger partial charge in [0.25, 0.3) is 5.91 Å². The number of nitrogens with one attached hydrogen (secondary N) is 1. The maximum absolute atomic E-state index is 12.6. The zero-order valence-electron chi connectivity index (χ0n) is 17.0. The number of hydrogen-bond acceptors (Lipinski definition) is 5. The van der Waals surface area contributed by atoms with Crippen LogP contribution in [0.25, 0.3) is 17.0 Å². The summed E-state index contributed by atoms with van der Waals surface area (Å²) < 4.78 is 8.34. The van der Waals surface area contributed by atoms with Crippen LogP contribution in [-0.4, -0.2) is 26.7 Å². The number of rotatable bonds is 5. The standard InChI is InChI=1S/C24H16BrN3O4S/c25-15-5-7-16(8-6-15)26-24-27-22(29)21(33-24)11-14-12-28(19-4-2-1-3-18(14)19)13-17-9-10-20(32-17)23(30)31/h1-12H,13H2,(H,30,31)(H,26,27,29)/b21-11-. The van der Waals surface area contributed by atoms with Gasteiger partial charge >= 0.3 is 5.97 Å². The third kappa shape index (κ3) is 4.50. The smallest absolute Gasteiger partial charge is 0.371 e. The molecule has 1 aliphatic heterocycles. The molecule has 0 atom stereocenters. The number of halogens is 1. The van der Waals surface area contributed by atoms with E-state index in [9.17, 15) is 9.59 Å². The van der Waals surface area contributed by atoms with Gasteiger partial charge in [-0.25, -0.2) is 9.79 Å². The van der Waals surface area contributed by atoms with E-state index in [1.807, 2.05) is 65.4 Å². The second-order valence-electron chi connectivity index (χ2n) is 7.26. The maximum atomic E-state index is 12.6. The SMILES string of the molecule is O=C1NC(=Nc2ccc(Br)cc2)S/C1=C\c1cn(Cc2ccc(C(=O)O)o2)c2ccccc12. The number of carbonyl (C=O) groups is 2. The van der Waals surface area contributed by atoms with Crippen molar-refractivity contribution in [3.63, 3.8) is 0 Å². The number of amides is 1. The van der Waals surface area contributed by atoms with Crippen LogP contribution >= 0.6 is 27.7 Å². The first-order valence-electron chi connectivity index (χ1n) is 9.91. The Kier molecular flexibility index (Phi) is 5.65. The zero-order valence-corrected chi connectivity index (χ0v) is 19.4. The van der Waals surface area contributed by atoms with E-state index < -0.39 is 5.97 Å². The largest absolute Gasteiger partial charge is 0.475 e. The molecule has 2 aromatic carbocycles. The number of aromatic nitrogens is 1. The van der Waals surface area contributed by atoms with Crippen molar-refractivity contribution in [2.75, 3.05) is 0 Å². The van der Waals surface area contributed by atoms with Gasteiger partial charge in [0.2, 0.25) is 5.76 Å². The van der Waals surface area contributed by atoms with Gasteiger partial charge in [0.15, 0.2) is 5.17 Å². The summed E-state index contributed by atoms with van der Waals surface area (Å²) in [5.41, 5.74) is 2.57. The van der Waals surface area contributed by atoms with Gasteiger partial charge in [0.05, 0.1) is 17.1 Å². The summed E-state index contributed by atoms with van der Waals surface area (Å²) in [4.78, 5) is 28.7. The number of aliphatic imine (C=N–C) groups is 1. The van der Waals surface area contributed by atoms with Gasteiger partial charge in [0.1, 0.15) is 5.76 Å². The summed E-state index contributed by atoms with van der Waals surface area (Å²) in [5, 5.41) is 13.4. The van der Waals surface area contributed by atoms with E-state index in [1.165, 1.54) is 17.8 Å². The third-order valence-electron chi connectivity index (χ3n) is 5.01. The fraction of sp³-hybridized carbons (Fsp3) is 0.0417. The molecule has 0 saturated carbocycles. The number of carbonyl (C=O) groups excluding carboxylic acids is 1. The molecule has 0 radical (unpaired) electrons. The van der Waals surface area contributed by atoms with E-state index in [0.29, 0.717) is 22.4 Å². The highest BCUT2D eigenvalue weighted by Gasteiger charge is 2.24. The summed E-state index contributed by atoms with van der Waals surface area (Å²) in [6.07, 6.45) is 3.77. The molecule has 0 unspecified atom stereocenters. The van der Waals surface area contributed by atoms with Crippen LogP contribution in [0.3, 0.4) is 0 Å². The highest BCUT2D eigenvalue weighted by Crippen LogP contribution is 2.31. The Morgan fingerprint density at radius 3 is 2.70 bits per heavy atom. The van der Waals surface area contributed by atoms with Gasteiger partial charge < -0.3 is 19.4 Å². The molecule has 9 heteroatoms. The minimum atomic E-state index is -1.10. The molecule has 0 spiro atoms. The van der Waals surface area contributed by atoms with Crippen LogP contribution in [-0.2, 0) is 11.3 Å². The molecular formula is C24H16BrN3O4S. The van der Waals surface area contributed by atoms with Crippen molar-refractivity contribution in [2.24, 2.45) is 4.99 Å². The van der Waals surface area contributed by atoms with E-state index in [4.69, 9.17) is 9.52 Å². The van der Waals surface area contributed by atoms with Crippen LogP contribution in [0, 0.1) is 0 Å². The van der Waals surface area contributed by atoms with Gasteiger partial charge in [-0.3, -0.25) is 4.79 Å². The molecule has 4 aromatic rings. The fourth-order valence-electron chi connectivity index (χ4n) is 3.52. The lowest BCUT2D eigenvalue weighted by atomic mass is 10.1.